The minimum absolute atomic E-state index is 0.265. The summed E-state index contributed by atoms with van der Waals surface area (Å²) in [5, 5.41) is 0. The van der Waals surface area contributed by atoms with Crippen LogP contribution in [-0.2, 0) is 13.8 Å². The zero-order valence-corrected chi connectivity index (χ0v) is 14.7. The van der Waals surface area contributed by atoms with Gasteiger partial charge in [-0.3, -0.25) is 4.79 Å². The molecule has 21 heavy (non-hydrogen) atoms. The van der Waals surface area contributed by atoms with E-state index in [1.165, 1.54) is 57.8 Å². The Morgan fingerprint density at radius 1 is 0.857 bits per heavy atom. The van der Waals surface area contributed by atoms with Crippen molar-refractivity contribution in [1.82, 2.24) is 0 Å². The summed E-state index contributed by atoms with van der Waals surface area (Å²) in [6.45, 7) is 4.41. The highest BCUT2D eigenvalue weighted by atomic mass is 31.2. The van der Waals surface area contributed by atoms with Crippen molar-refractivity contribution in [2.24, 2.45) is 0 Å². The van der Waals surface area contributed by atoms with Crippen molar-refractivity contribution in [3.05, 3.63) is 0 Å². The van der Waals surface area contributed by atoms with Crippen LogP contribution in [0.25, 0.3) is 0 Å². The fourth-order valence-electron chi connectivity index (χ4n) is 2.09. The van der Waals surface area contributed by atoms with Crippen LogP contribution in [0.15, 0.2) is 0 Å². The Hall–Kier alpha value is -0.180. The normalized spacial score (nSPS) is 12.3. The maximum absolute atomic E-state index is 10.9. The van der Waals surface area contributed by atoms with Crippen LogP contribution < -0.4 is 0 Å². The quantitative estimate of drug-likeness (QED) is 0.320. The van der Waals surface area contributed by atoms with Crippen molar-refractivity contribution in [2.45, 2.75) is 90.9 Å². The Balaban J connectivity index is 3.13. The predicted molar refractivity (Wildman–Crippen MR) is 87.9 cm³/mol. The molecule has 5 heteroatoms. The van der Waals surface area contributed by atoms with Crippen molar-refractivity contribution in [3.63, 3.8) is 0 Å². The third kappa shape index (κ3) is 16.0. The molecule has 0 aromatic rings. The first kappa shape index (κ1) is 20.8. The van der Waals surface area contributed by atoms with Gasteiger partial charge in [0.05, 0.1) is 6.61 Å². The molecule has 0 aromatic carbocycles. The highest BCUT2D eigenvalue weighted by Gasteiger charge is 2.11. The highest BCUT2D eigenvalue weighted by molar-refractivity contribution is 7.41. The third-order valence-corrected chi connectivity index (χ3v) is 4.18. The van der Waals surface area contributed by atoms with E-state index in [0.29, 0.717) is 6.61 Å². The molecule has 0 amide bonds. The number of carbonyl (C=O) groups excluding carboxylic acids is 1. The Labute approximate surface area is 131 Å². The molecule has 0 rings (SSSR count). The Morgan fingerprint density at radius 2 is 1.33 bits per heavy atom. The van der Waals surface area contributed by atoms with Gasteiger partial charge in [0.1, 0.15) is 0 Å². The van der Waals surface area contributed by atoms with E-state index < -0.39 is 14.6 Å². The van der Waals surface area contributed by atoms with Crippen molar-refractivity contribution < 1.29 is 18.7 Å². The first-order valence-corrected chi connectivity index (χ1v) is 9.66. The molecule has 1 unspecified atom stereocenters. The molecular weight excluding hydrogens is 287 g/mol. The van der Waals surface area contributed by atoms with E-state index in [1.807, 2.05) is 0 Å². The Kier molecular flexibility index (Phi) is 16.1. The van der Waals surface area contributed by atoms with E-state index in [1.54, 1.807) is 6.92 Å². The molecule has 0 saturated heterocycles. The summed E-state index contributed by atoms with van der Waals surface area (Å²) < 4.78 is 9.73. The Bertz CT molecular complexity index is 236. The summed E-state index contributed by atoms with van der Waals surface area (Å²) >= 11 is 0. The predicted octanol–water partition coefficient (Wildman–Crippen LogP) is 5.49. The maximum atomic E-state index is 10.9. The fourth-order valence-corrected chi connectivity index (χ4v) is 2.73. The average molecular weight is 320 g/mol. The summed E-state index contributed by atoms with van der Waals surface area (Å²) in [7, 11) is -2.01. The van der Waals surface area contributed by atoms with Gasteiger partial charge < -0.3 is 13.9 Å². The molecule has 0 aliphatic heterocycles. The summed E-state index contributed by atoms with van der Waals surface area (Å²) in [4.78, 5) is 20.2. The van der Waals surface area contributed by atoms with Crippen LogP contribution in [0.4, 0.5) is 0 Å². The van der Waals surface area contributed by atoms with Crippen LogP contribution in [0, 0.1) is 0 Å². The van der Waals surface area contributed by atoms with E-state index in [-0.39, 0.29) is 6.42 Å². The first-order valence-electron chi connectivity index (χ1n) is 8.53. The van der Waals surface area contributed by atoms with Gasteiger partial charge in [0.2, 0.25) is 0 Å². The molecule has 0 aliphatic rings. The zero-order valence-electron chi connectivity index (χ0n) is 13.8. The summed E-state index contributed by atoms with van der Waals surface area (Å²) in [5.41, 5.74) is 0. The van der Waals surface area contributed by atoms with Gasteiger partial charge in [0, 0.05) is 6.42 Å². The molecule has 0 bridgehead atoms. The minimum atomic E-state index is -2.01. The van der Waals surface area contributed by atoms with Crippen LogP contribution in [0.5, 0.6) is 0 Å². The van der Waals surface area contributed by atoms with Crippen LogP contribution in [0.3, 0.4) is 0 Å². The zero-order chi connectivity index (χ0) is 15.8. The number of carbonyl (C=O) groups is 1. The summed E-state index contributed by atoms with van der Waals surface area (Å²) in [6, 6.07) is 0. The van der Waals surface area contributed by atoms with E-state index >= 15 is 0 Å². The van der Waals surface area contributed by atoms with E-state index in [4.69, 9.17) is 4.52 Å². The fraction of sp³-hybridized carbons (Fsp3) is 0.938. The number of unbranched alkanes of at least 4 members (excludes halogenated alkanes) is 10. The molecule has 0 saturated carbocycles. The van der Waals surface area contributed by atoms with E-state index in [9.17, 15) is 9.69 Å². The highest BCUT2D eigenvalue weighted by Crippen LogP contribution is 2.33. The van der Waals surface area contributed by atoms with Crippen molar-refractivity contribution in [3.8, 4) is 0 Å². The smallest absolute Gasteiger partial charge is 0.394 e. The number of rotatable bonds is 15. The standard InChI is InChI=1S/C16H33O4P/c1-3-5-6-7-8-9-10-11-12-13-14-15-19-21(18)20-16(17)4-2/h18H,3-15H2,1-2H3. The van der Waals surface area contributed by atoms with E-state index in [0.717, 1.165) is 12.8 Å². The van der Waals surface area contributed by atoms with Crippen molar-refractivity contribution in [2.75, 3.05) is 6.61 Å². The van der Waals surface area contributed by atoms with Gasteiger partial charge in [-0.1, -0.05) is 78.1 Å². The van der Waals surface area contributed by atoms with Gasteiger partial charge >= 0.3 is 14.6 Å². The second kappa shape index (κ2) is 16.2. The lowest BCUT2D eigenvalue weighted by atomic mass is 10.1. The lowest BCUT2D eigenvalue weighted by molar-refractivity contribution is -0.134. The monoisotopic (exact) mass is 320 g/mol. The summed E-state index contributed by atoms with van der Waals surface area (Å²) in [5.74, 6) is -0.414. The van der Waals surface area contributed by atoms with Gasteiger partial charge in [0.25, 0.3) is 0 Å². The average Bonchev–Trinajstić information content (AvgIpc) is 2.48. The van der Waals surface area contributed by atoms with Gasteiger partial charge in [-0.15, -0.1) is 0 Å². The van der Waals surface area contributed by atoms with Gasteiger partial charge in [-0.05, 0) is 6.42 Å². The number of hydrogen-bond donors (Lipinski definition) is 1. The molecule has 1 N–H and O–H groups in total. The van der Waals surface area contributed by atoms with Crippen molar-refractivity contribution in [1.29, 1.82) is 0 Å². The molecule has 0 radical (unpaired) electrons. The second-order valence-corrected chi connectivity index (χ2v) is 6.34. The molecule has 0 heterocycles. The molecule has 0 aromatic heterocycles. The lowest BCUT2D eigenvalue weighted by Gasteiger charge is -2.09. The number of hydrogen-bond acceptors (Lipinski definition) is 4. The largest absolute Gasteiger partial charge is 0.396 e. The van der Waals surface area contributed by atoms with Crippen LogP contribution in [-0.4, -0.2) is 17.5 Å². The molecule has 4 nitrogen and oxygen atoms in total. The van der Waals surface area contributed by atoms with Gasteiger partial charge in [0.15, 0.2) is 0 Å². The molecule has 126 valence electrons. The summed E-state index contributed by atoms with van der Waals surface area (Å²) in [6.07, 6.45) is 14.3. The third-order valence-electron chi connectivity index (χ3n) is 3.42. The lowest BCUT2D eigenvalue weighted by Crippen LogP contribution is -2.00. The first-order chi connectivity index (χ1) is 10.2. The van der Waals surface area contributed by atoms with Crippen molar-refractivity contribution >= 4 is 14.6 Å². The minimum Gasteiger partial charge on any atom is -0.394 e. The molecule has 0 spiro atoms. The SMILES string of the molecule is CCCCCCCCCCCCCOP(O)OC(=O)CC. The topological polar surface area (TPSA) is 55.8 Å². The maximum Gasteiger partial charge on any atom is 0.396 e. The van der Waals surface area contributed by atoms with Crippen LogP contribution in [0.1, 0.15) is 90.9 Å². The van der Waals surface area contributed by atoms with Gasteiger partial charge in [-0.2, -0.15) is 0 Å². The Morgan fingerprint density at radius 3 is 1.81 bits per heavy atom. The van der Waals surface area contributed by atoms with E-state index in [2.05, 4.69) is 11.4 Å². The van der Waals surface area contributed by atoms with Gasteiger partial charge in [-0.25, -0.2) is 0 Å². The molecular formula is C16H33O4P. The van der Waals surface area contributed by atoms with Crippen LogP contribution >= 0.6 is 8.60 Å². The molecule has 0 fully saturated rings. The molecule has 0 aliphatic carbocycles. The second-order valence-electron chi connectivity index (χ2n) is 5.42. The van der Waals surface area contributed by atoms with Crippen LogP contribution in [0.2, 0.25) is 0 Å². The molecule has 1 atom stereocenters.